The second-order valence-corrected chi connectivity index (χ2v) is 3.90. The van der Waals surface area contributed by atoms with Crippen molar-refractivity contribution in [1.82, 2.24) is 20.6 Å². The molecule has 0 saturated carbocycles. The fourth-order valence-electron chi connectivity index (χ4n) is 1.35. The Hall–Kier alpha value is -2.46. The average molecular weight is 296 g/mol. The zero-order chi connectivity index (χ0) is 15.8. The number of rotatable bonds is 5. The predicted molar refractivity (Wildman–Crippen MR) is 78.0 cm³/mol. The highest BCUT2D eigenvalue weighted by Gasteiger charge is 2.09. The standard InChI is InChI=1S/C11H20N8O2/c1-5-21-18-9(12)17-19(20-4)10(13)16-11-14-7(2)6-8(3)15-11/h6H,5H2,1-4H3,(H3,12,17,18)(H2,13,14,15,16). The molecule has 116 valence electrons. The van der Waals surface area contributed by atoms with Crippen molar-refractivity contribution in [2.75, 3.05) is 13.7 Å². The van der Waals surface area contributed by atoms with Crippen molar-refractivity contribution in [3.63, 3.8) is 0 Å². The summed E-state index contributed by atoms with van der Waals surface area (Å²) in [5.41, 5.74) is 15.3. The third kappa shape index (κ3) is 5.58. The summed E-state index contributed by atoms with van der Waals surface area (Å²) in [7, 11) is 1.36. The zero-order valence-corrected chi connectivity index (χ0v) is 12.5. The van der Waals surface area contributed by atoms with E-state index in [1.807, 2.05) is 19.9 Å². The molecule has 0 bridgehead atoms. The normalized spacial score (nSPS) is 12.4. The van der Waals surface area contributed by atoms with E-state index in [1.54, 1.807) is 6.92 Å². The first-order valence-electron chi connectivity index (χ1n) is 6.18. The van der Waals surface area contributed by atoms with E-state index in [2.05, 4.69) is 25.5 Å². The van der Waals surface area contributed by atoms with Crippen LogP contribution in [0.25, 0.3) is 0 Å². The Labute approximate surface area is 122 Å². The maximum Gasteiger partial charge on any atom is 0.253 e. The van der Waals surface area contributed by atoms with Crippen molar-refractivity contribution in [3.8, 4) is 0 Å². The molecule has 10 heteroatoms. The molecule has 0 aromatic carbocycles. The summed E-state index contributed by atoms with van der Waals surface area (Å²) in [4.78, 5) is 22.1. The largest absolute Gasteiger partial charge is 0.367 e. The summed E-state index contributed by atoms with van der Waals surface area (Å²) >= 11 is 0. The molecule has 5 N–H and O–H groups in total. The van der Waals surface area contributed by atoms with Crippen LogP contribution in [0, 0.1) is 13.8 Å². The summed E-state index contributed by atoms with van der Waals surface area (Å²) < 4.78 is 0. The van der Waals surface area contributed by atoms with E-state index in [0.717, 1.165) is 16.6 Å². The highest BCUT2D eigenvalue weighted by Crippen LogP contribution is 2.07. The van der Waals surface area contributed by atoms with Gasteiger partial charge in [-0.1, -0.05) is 5.17 Å². The van der Waals surface area contributed by atoms with Gasteiger partial charge in [-0.25, -0.2) is 15.4 Å². The molecule has 0 amide bonds. The predicted octanol–water partition coefficient (Wildman–Crippen LogP) is -0.326. The Morgan fingerprint density at radius 2 is 1.95 bits per heavy atom. The minimum Gasteiger partial charge on any atom is -0.367 e. The first-order valence-corrected chi connectivity index (χ1v) is 6.18. The molecule has 10 nitrogen and oxygen atoms in total. The van der Waals surface area contributed by atoms with E-state index < -0.39 is 0 Å². The maximum atomic E-state index is 5.78. The Balaban J connectivity index is 2.91. The number of nitrogens with zero attached hydrogens (tertiary/aromatic N) is 5. The average Bonchev–Trinajstić information content (AvgIpc) is 2.41. The molecular formula is C11H20N8O2. The van der Waals surface area contributed by atoms with E-state index in [9.17, 15) is 0 Å². The second kappa shape index (κ2) is 7.97. The lowest BCUT2D eigenvalue weighted by atomic mass is 10.4. The van der Waals surface area contributed by atoms with Crippen molar-refractivity contribution in [2.24, 2.45) is 21.6 Å². The van der Waals surface area contributed by atoms with Crippen molar-refractivity contribution < 1.29 is 9.68 Å². The Morgan fingerprint density at radius 3 is 2.48 bits per heavy atom. The molecule has 1 rings (SSSR count). The molecule has 0 aliphatic rings. The van der Waals surface area contributed by atoms with Crippen LogP contribution in [0.4, 0.5) is 5.95 Å². The number of guanidine groups is 2. The summed E-state index contributed by atoms with van der Waals surface area (Å²) in [5, 5.41) is 4.75. The number of aryl methyl sites for hydroxylation is 2. The van der Waals surface area contributed by atoms with Crippen LogP contribution in [0.3, 0.4) is 0 Å². The van der Waals surface area contributed by atoms with Crippen LogP contribution < -0.4 is 16.9 Å². The molecule has 0 radical (unpaired) electrons. The van der Waals surface area contributed by atoms with Crippen molar-refractivity contribution >= 4 is 17.9 Å². The number of hydrogen-bond donors (Lipinski definition) is 3. The third-order valence-electron chi connectivity index (χ3n) is 2.07. The van der Waals surface area contributed by atoms with Gasteiger partial charge < -0.3 is 11.5 Å². The second-order valence-electron chi connectivity index (χ2n) is 3.90. The third-order valence-corrected chi connectivity index (χ3v) is 2.07. The number of aliphatic imine (C=N–C) groups is 1. The highest BCUT2D eigenvalue weighted by atomic mass is 16.7. The quantitative estimate of drug-likeness (QED) is 0.382. The molecule has 0 spiro atoms. The Kier molecular flexibility index (Phi) is 6.30. The van der Waals surface area contributed by atoms with Gasteiger partial charge in [-0.15, -0.1) is 5.10 Å². The lowest BCUT2D eigenvalue weighted by molar-refractivity contribution is -0.0661. The molecule has 0 unspecified atom stereocenters. The number of hydrogen-bond acceptors (Lipinski definition) is 6. The van der Waals surface area contributed by atoms with Gasteiger partial charge in [0.15, 0.2) is 0 Å². The monoisotopic (exact) mass is 296 g/mol. The van der Waals surface area contributed by atoms with Crippen molar-refractivity contribution in [3.05, 3.63) is 17.5 Å². The lowest BCUT2D eigenvalue weighted by Crippen LogP contribution is -2.39. The highest BCUT2D eigenvalue weighted by molar-refractivity contribution is 5.82. The van der Waals surface area contributed by atoms with Crippen LogP contribution in [-0.2, 0) is 9.68 Å². The van der Waals surface area contributed by atoms with Crippen LogP contribution in [0.15, 0.2) is 16.2 Å². The number of hydroxylamine groups is 2. The van der Waals surface area contributed by atoms with Gasteiger partial charge in [-0.3, -0.25) is 9.68 Å². The molecule has 1 aromatic rings. The van der Waals surface area contributed by atoms with E-state index in [1.165, 1.54) is 7.11 Å². The van der Waals surface area contributed by atoms with Gasteiger partial charge in [0.1, 0.15) is 0 Å². The number of nitrogens with two attached hydrogens (primary N) is 2. The lowest BCUT2D eigenvalue weighted by Gasteiger charge is -2.15. The van der Waals surface area contributed by atoms with Gasteiger partial charge in [0.05, 0.1) is 13.7 Å². The smallest absolute Gasteiger partial charge is 0.253 e. The molecule has 0 fully saturated rings. The number of hydrazone groups is 1. The Morgan fingerprint density at radius 1 is 1.33 bits per heavy atom. The molecule has 0 atom stereocenters. The summed E-state index contributed by atoms with van der Waals surface area (Å²) in [6.07, 6.45) is 0. The summed E-state index contributed by atoms with van der Waals surface area (Å²) in [5.74, 6) is 0.0838. The van der Waals surface area contributed by atoms with Gasteiger partial charge in [-0.05, 0) is 26.8 Å². The van der Waals surface area contributed by atoms with E-state index >= 15 is 0 Å². The van der Waals surface area contributed by atoms with E-state index in [-0.39, 0.29) is 17.9 Å². The van der Waals surface area contributed by atoms with Crippen LogP contribution in [0.5, 0.6) is 0 Å². The molecule has 21 heavy (non-hydrogen) atoms. The molecule has 0 saturated heterocycles. The van der Waals surface area contributed by atoms with E-state index in [4.69, 9.17) is 21.1 Å². The van der Waals surface area contributed by atoms with Crippen LogP contribution >= 0.6 is 0 Å². The number of nitrogens with one attached hydrogen (secondary N) is 1. The number of aromatic nitrogens is 2. The maximum absolute atomic E-state index is 5.78. The Bertz CT molecular complexity index is 511. The molecule has 1 heterocycles. The zero-order valence-electron chi connectivity index (χ0n) is 12.5. The summed E-state index contributed by atoms with van der Waals surface area (Å²) in [6.45, 7) is 5.88. The van der Waals surface area contributed by atoms with Gasteiger partial charge in [-0.2, -0.15) is 4.99 Å². The molecule has 0 aliphatic carbocycles. The van der Waals surface area contributed by atoms with E-state index in [0.29, 0.717) is 6.61 Å². The summed E-state index contributed by atoms with van der Waals surface area (Å²) in [6, 6.07) is 1.82. The van der Waals surface area contributed by atoms with Crippen molar-refractivity contribution in [1.29, 1.82) is 0 Å². The van der Waals surface area contributed by atoms with Crippen LogP contribution in [0.1, 0.15) is 18.3 Å². The molecule has 1 aromatic heterocycles. The molecular weight excluding hydrogens is 276 g/mol. The fourth-order valence-corrected chi connectivity index (χ4v) is 1.35. The molecule has 0 aliphatic heterocycles. The van der Waals surface area contributed by atoms with Gasteiger partial charge in [0, 0.05) is 11.4 Å². The first-order chi connectivity index (χ1) is 9.96. The minimum absolute atomic E-state index is 0.0433. The topological polar surface area (TPSA) is 136 Å². The first kappa shape index (κ1) is 16.6. The van der Waals surface area contributed by atoms with Gasteiger partial charge >= 0.3 is 0 Å². The van der Waals surface area contributed by atoms with Crippen LogP contribution in [-0.4, -0.2) is 40.8 Å². The van der Waals surface area contributed by atoms with Crippen molar-refractivity contribution in [2.45, 2.75) is 20.8 Å². The van der Waals surface area contributed by atoms with Gasteiger partial charge in [0.2, 0.25) is 11.9 Å². The SMILES string of the molecule is CCONC(N)=NN(OC)C(N)=Nc1nc(C)cc(C)n1. The fraction of sp³-hybridized carbons (Fsp3) is 0.455. The minimum atomic E-state index is -0.0799. The van der Waals surface area contributed by atoms with Crippen LogP contribution in [0.2, 0.25) is 0 Å². The van der Waals surface area contributed by atoms with Gasteiger partial charge in [0.25, 0.3) is 5.95 Å².